The molecule has 2 aromatic heterocycles. The number of anilines is 1. The van der Waals surface area contributed by atoms with Crippen molar-refractivity contribution in [1.29, 1.82) is 5.26 Å². The zero-order valence-electron chi connectivity index (χ0n) is 18.0. The number of esters is 1. The molecule has 0 saturated heterocycles. The normalized spacial score (nSPS) is 14.5. The Morgan fingerprint density at radius 3 is 3.00 bits per heavy atom. The summed E-state index contributed by atoms with van der Waals surface area (Å²) in [5, 5.41) is 16.2. The van der Waals surface area contributed by atoms with Gasteiger partial charge in [0.2, 0.25) is 6.79 Å². The topological polar surface area (TPSA) is 93.5 Å². The molecule has 1 aromatic carbocycles. The van der Waals surface area contributed by atoms with Gasteiger partial charge in [0.25, 0.3) is 0 Å². The Morgan fingerprint density at radius 1 is 1.30 bits per heavy atom. The third-order valence-electron chi connectivity index (χ3n) is 5.52. The van der Waals surface area contributed by atoms with E-state index in [-0.39, 0.29) is 12.8 Å². The van der Waals surface area contributed by atoms with Gasteiger partial charge in [-0.3, -0.25) is 0 Å². The van der Waals surface area contributed by atoms with Crippen molar-refractivity contribution in [2.75, 3.05) is 18.7 Å². The smallest absolute Gasteiger partial charge is 0.341 e. The Hall–Kier alpha value is -3.35. The zero-order chi connectivity index (χ0) is 22.8. The predicted octanol–water partition coefficient (Wildman–Crippen LogP) is 5.63. The summed E-state index contributed by atoms with van der Waals surface area (Å²) in [5.74, 6) is 1.09. The number of nitriles is 1. The minimum Gasteiger partial charge on any atom is -0.462 e. The quantitative estimate of drug-likeness (QED) is 0.362. The number of nitrogens with zero attached hydrogens (tertiary/aromatic N) is 2. The first-order valence-electron chi connectivity index (χ1n) is 10.7. The number of allylic oxidation sites excluding steroid dienone is 1. The summed E-state index contributed by atoms with van der Waals surface area (Å²) >= 11 is 2.96. The SMILES string of the molecule is CCOC(=O)c1c(NC=C(C#N)c2nc(-c3ccc4c(c3)OCO4)cs2)sc2c1CCCC2. The van der Waals surface area contributed by atoms with Crippen LogP contribution in [0.2, 0.25) is 0 Å². The molecule has 1 aliphatic carbocycles. The van der Waals surface area contributed by atoms with E-state index >= 15 is 0 Å². The molecule has 0 bridgehead atoms. The number of fused-ring (bicyclic) bond motifs is 2. The maximum absolute atomic E-state index is 12.7. The predicted molar refractivity (Wildman–Crippen MR) is 128 cm³/mol. The molecule has 5 rings (SSSR count). The van der Waals surface area contributed by atoms with E-state index in [1.807, 2.05) is 23.6 Å². The van der Waals surface area contributed by atoms with E-state index < -0.39 is 0 Å². The molecular formula is C24H21N3O4S2. The lowest BCUT2D eigenvalue weighted by Gasteiger charge is -2.12. The van der Waals surface area contributed by atoms with E-state index in [0.717, 1.165) is 47.5 Å². The van der Waals surface area contributed by atoms with Crippen molar-refractivity contribution in [2.24, 2.45) is 0 Å². The number of nitrogens with one attached hydrogen (secondary N) is 1. The lowest BCUT2D eigenvalue weighted by atomic mass is 9.95. The Balaban J connectivity index is 1.41. The number of thiazole rings is 1. The van der Waals surface area contributed by atoms with E-state index in [1.54, 1.807) is 24.5 Å². The van der Waals surface area contributed by atoms with Crippen molar-refractivity contribution < 1.29 is 19.0 Å². The molecular weight excluding hydrogens is 458 g/mol. The van der Waals surface area contributed by atoms with E-state index in [9.17, 15) is 10.1 Å². The molecule has 7 nitrogen and oxygen atoms in total. The van der Waals surface area contributed by atoms with Crippen LogP contribution >= 0.6 is 22.7 Å². The first-order valence-corrected chi connectivity index (χ1v) is 12.4. The van der Waals surface area contributed by atoms with Crippen LogP contribution < -0.4 is 14.8 Å². The average Bonchev–Trinajstić information content (AvgIpc) is 3.57. The number of rotatable bonds is 6. The molecule has 0 fully saturated rings. The fraction of sp³-hybridized carbons (Fsp3) is 0.292. The monoisotopic (exact) mass is 479 g/mol. The standard InChI is InChI=1S/C24H21N3O4S2/c1-2-29-24(28)21-16-5-3-4-6-20(16)33-23(21)26-11-15(10-25)22-27-17(12-32-22)14-7-8-18-19(9-14)31-13-30-18/h7-9,11-12,26H,2-6,13H2,1H3. The number of hydrogen-bond acceptors (Lipinski definition) is 9. The molecule has 0 radical (unpaired) electrons. The van der Waals surface area contributed by atoms with Gasteiger partial charge >= 0.3 is 5.97 Å². The average molecular weight is 480 g/mol. The van der Waals surface area contributed by atoms with Crippen LogP contribution in [0.5, 0.6) is 11.5 Å². The maximum Gasteiger partial charge on any atom is 0.341 e. The molecule has 168 valence electrons. The van der Waals surface area contributed by atoms with Gasteiger partial charge in [-0.2, -0.15) is 5.26 Å². The molecule has 0 atom stereocenters. The second-order valence-corrected chi connectivity index (χ2v) is 9.52. The number of carbonyl (C=O) groups is 1. The molecule has 1 N–H and O–H groups in total. The highest BCUT2D eigenvalue weighted by Gasteiger charge is 2.26. The van der Waals surface area contributed by atoms with Crippen molar-refractivity contribution in [1.82, 2.24) is 4.98 Å². The van der Waals surface area contributed by atoms with Crippen molar-refractivity contribution in [2.45, 2.75) is 32.6 Å². The van der Waals surface area contributed by atoms with Gasteiger partial charge in [0, 0.05) is 22.0 Å². The van der Waals surface area contributed by atoms with Gasteiger partial charge in [-0.15, -0.1) is 22.7 Å². The molecule has 0 amide bonds. The molecule has 3 aromatic rings. The Morgan fingerprint density at radius 2 is 2.15 bits per heavy atom. The number of aryl methyl sites for hydroxylation is 1. The van der Waals surface area contributed by atoms with Gasteiger partial charge in [0.1, 0.15) is 21.7 Å². The van der Waals surface area contributed by atoms with Gasteiger partial charge < -0.3 is 19.5 Å². The molecule has 0 unspecified atom stereocenters. The summed E-state index contributed by atoms with van der Waals surface area (Å²) in [4.78, 5) is 18.5. The molecule has 0 spiro atoms. The molecule has 1 aliphatic heterocycles. The molecule has 2 aliphatic rings. The highest BCUT2D eigenvalue weighted by Crippen LogP contribution is 2.39. The summed E-state index contributed by atoms with van der Waals surface area (Å²) in [6, 6.07) is 7.88. The minimum atomic E-state index is -0.314. The van der Waals surface area contributed by atoms with E-state index in [1.165, 1.54) is 16.2 Å². The fourth-order valence-electron chi connectivity index (χ4n) is 3.95. The van der Waals surface area contributed by atoms with E-state index in [2.05, 4.69) is 16.4 Å². The van der Waals surface area contributed by atoms with Crippen molar-refractivity contribution in [3.8, 4) is 28.8 Å². The lowest BCUT2D eigenvalue weighted by Crippen LogP contribution is -2.10. The van der Waals surface area contributed by atoms with Crippen molar-refractivity contribution in [3.63, 3.8) is 0 Å². The van der Waals surface area contributed by atoms with E-state index in [4.69, 9.17) is 14.2 Å². The van der Waals surface area contributed by atoms with Gasteiger partial charge in [-0.25, -0.2) is 9.78 Å². The Labute approximate surface area is 199 Å². The van der Waals surface area contributed by atoms with Crippen LogP contribution in [-0.4, -0.2) is 24.4 Å². The highest BCUT2D eigenvalue weighted by atomic mass is 32.1. The molecule has 33 heavy (non-hydrogen) atoms. The number of hydrogen-bond donors (Lipinski definition) is 1. The van der Waals surface area contributed by atoms with Gasteiger partial charge in [0.05, 0.1) is 17.9 Å². The third-order valence-corrected chi connectivity index (χ3v) is 7.62. The zero-order valence-corrected chi connectivity index (χ0v) is 19.6. The van der Waals surface area contributed by atoms with Gasteiger partial charge in [-0.05, 0) is 56.4 Å². The van der Waals surface area contributed by atoms with Crippen LogP contribution in [0.4, 0.5) is 5.00 Å². The number of carbonyl (C=O) groups excluding carboxylic acids is 1. The van der Waals surface area contributed by atoms with Crippen LogP contribution in [-0.2, 0) is 17.6 Å². The summed E-state index contributed by atoms with van der Waals surface area (Å²) < 4.78 is 16.1. The first kappa shape index (κ1) is 21.5. The molecule has 0 saturated carbocycles. The van der Waals surface area contributed by atoms with Crippen LogP contribution in [0.1, 0.15) is 45.6 Å². The molecule has 9 heteroatoms. The highest BCUT2D eigenvalue weighted by molar-refractivity contribution is 7.16. The summed E-state index contributed by atoms with van der Waals surface area (Å²) in [6.45, 7) is 2.34. The largest absolute Gasteiger partial charge is 0.462 e. The number of thiophene rings is 1. The van der Waals surface area contributed by atoms with E-state index in [0.29, 0.717) is 34.3 Å². The van der Waals surface area contributed by atoms with Crippen molar-refractivity contribution in [3.05, 3.63) is 50.8 Å². The summed E-state index contributed by atoms with van der Waals surface area (Å²) in [5.41, 5.74) is 3.73. The number of aromatic nitrogens is 1. The van der Waals surface area contributed by atoms with Crippen LogP contribution in [0.3, 0.4) is 0 Å². The maximum atomic E-state index is 12.7. The summed E-state index contributed by atoms with van der Waals surface area (Å²) in [7, 11) is 0. The van der Waals surface area contributed by atoms with Crippen LogP contribution in [0, 0.1) is 11.3 Å². The second-order valence-electron chi connectivity index (χ2n) is 7.56. The summed E-state index contributed by atoms with van der Waals surface area (Å²) in [6.07, 6.45) is 5.66. The second kappa shape index (κ2) is 9.25. The van der Waals surface area contributed by atoms with Crippen LogP contribution in [0.15, 0.2) is 29.8 Å². The third kappa shape index (κ3) is 4.19. The van der Waals surface area contributed by atoms with Crippen LogP contribution in [0.25, 0.3) is 16.8 Å². The lowest BCUT2D eigenvalue weighted by molar-refractivity contribution is 0.0526. The fourth-order valence-corrected chi connectivity index (χ4v) is 5.99. The van der Waals surface area contributed by atoms with Gasteiger partial charge in [0.15, 0.2) is 11.5 Å². The Bertz CT molecular complexity index is 1290. The van der Waals surface area contributed by atoms with Gasteiger partial charge in [-0.1, -0.05) is 0 Å². The Kier molecular flexibility index (Phi) is 6.03. The minimum absolute atomic E-state index is 0.216. The van der Waals surface area contributed by atoms with Crippen molar-refractivity contribution >= 4 is 39.2 Å². The first-order chi connectivity index (χ1) is 16.2. The number of benzene rings is 1. The number of ether oxygens (including phenoxy) is 3. The molecule has 3 heterocycles.